The van der Waals surface area contributed by atoms with Gasteiger partial charge in [-0.15, -0.1) is 0 Å². The Morgan fingerprint density at radius 1 is 1.43 bits per heavy atom. The predicted octanol–water partition coefficient (Wildman–Crippen LogP) is 2.66. The van der Waals surface area contributed by atoms with Gasteiger partial charge < -0.3 is 15.3 Å². The van der Waals surface area contributed by atoms with Crippen molar-refractivity contribution in [3.05, 3.63) is 0 Å². The van der Waals surface area contributed by atoms with Crippen LogP contribution >= 0.6 is 11.8 Å². The highest BCUT2D eigenvalue weighted by Gasteiger charge is 2.28. The molecule has 0 aliphatic carbocycles. The van der Waals surface area contributed by atoms with Crippen molar-refractivity contribution in [1.29, 1.82) is 0 Å². The fourth-order valence-electron chi connectivity index (χ4n) is 2.71. The first kappa shape index (κ1) is 18.1. The Morgan fingerprint density at radius 3 is 2.76 bits per heavy atom. The van der Waals surface area contributed by atoms with E-state index in [1.807, 2.05) is 11.8 Å². The zero-order chi connectivity index (χ0) is 15.8. The topological polar surface area (TPSA) is 69.6 Å². The van der Waals surface area contributed by atoms with E-state index in [0.717, 1.165) is 25.8 Å². The summed E-state index contributed by atoms with van der Waals surface area (Å²) in [7, 11) is 0. The molecule has 1 aliphatic heterocycles. The Balaban J connectivity index is 2.37. The maximum atomic E-state index is 12.1. The van der Waals surface area contributed by atoms with Crippen molar-refractivity contribution in [2.24, 2.45) is 11.8 Å². The summed E-state index contributed by atoms with van der Waals surface area (Å²) in [5.74, 6) is -0.338. The van der Waals surface area contributed by atoms with Gasteiger partial charge in [-0.3, -0.25) is 4.79 Å². The fourth-order valence-corrected chi connectivity index (χ4v) is 3.07. The van der Waals surface area contributed by atoms with Crippen molar-refractivity contribution in [2.45, 2.75) is 44.8 Å². The molecule has 5 nitrogen and oxygen atoms in total. The van der Waals surface area contributed by atoms with Gasteiger partial charge in [-0.2, -0.15) is 11.8 Å². The lowest BCUT2D eigenvalue weighted by Gasteiger charge is -2.35. The van der Waals surface area contributed by atoms with E-state index in [0.29, 0.717) is 24.3 Å². The molecule has 0 aromatic rings. The first-order valence-electron chi connectivity index (χ1n) is 7.71. The number of urea groups is 1. The first-order chi connectivity index (χ1) is 9.93. The summed E-state index contributed by atoms with van der Waals surface area (Å²) in [6.07, 6.45) is 5.21. The molecule has 0 radical (unpaired) electrons. The number of nitrogens with one attached hydrogen (secondary N) is 1. The SMILES string of the molecule is CSC(C)CCNC(=O)N1CCCC(C(C)CC(=O)O)C1. The highest BCUT2D eigenvalue weighted by atomic mass is 32.2. The molecule has 0 bridgehead atoms. The van der Waals surface area contributed by atoms with Crippen molar-refractivity contribution >= 4 is 23.8 Å². The number of amides is 2. The number of thioether (sulfide) groups is 1. The van der Waals surface area contributed by atoms with Crippen LogP contribution in [0.25, 0.3) is 0 Å². The summed E-state index contributed by atoms with van der Waals surface area (Å²) >= 11 is 1.80. The molecule has 0 spiro atoms. The van der Waals surface area contributed by atoms with Crippen molar-refractivity contribution < 1.29 is 14.7 Å². The maximum absolute atomic E-state index is 12.1. The molecule has 1 rings (SSSR count). The van der Waals surface area contributed by atoms with Crippen LogP contribution in [-0.2, 0) is 4.79 Å². The van der Waals surface area contributed by atoms with Crippen LogP contribution in [0.5, 0.6) is 0 Å². The Hall–Kier alpha value is -0.910. The van der Waals surface area contributed by atoms with Crippen molar-refractivity contribution in [1.82, 2.24) is 10.2 Å². The fraction of sp³-hybridized carbons (Fsp3) is 0.867. The van der Waals surface area contributed by atoms with E-state index in [4.69, 9.17) is 5.11 Å². The van der Waals surface area contributed by atoms with Gasteiger partial charge in [-0.05, 0) is 37.4 Å². The van der Waals surface area contributed by atoms with E-state index in [-0.39, 0.29) is 18.4 Å². The predicted molar refractivity (Wildman–Crippen MR) is 86.7 cm³/mol. The Bertz CT molecular complexity index is 352. The van der Waals surface area contributed by atoms with Gasteiger partial charge in [0, 0.05) is 31.3 Å². The minimum atomic E-state index is -0.755. The normalized spacial score (nSPS) is 21.7. The molecule has 0 aromatic carbocycles. The van der Waals surface area contributed by atoms with Crippen LogP contribution in [0, 0.1) is 11.8 Å². The van der Waals surface area contributed by atoms with Gasteiger partial charge in [0.25, 0.3) is 0 Å². The molecular weight excluding hydrogens is 288 g/mol. The zero-order valence-corrected chi connectivity index (χ0v) is 14.1. The number of carboxylic acids is 1. The molecule has 21 heavy (non-hydrogen) atoms. The van der Waals surface area contributed by atoms with Crippen molar-refractivity contribution in [2.75, 3.05) is 25.9 Å². The lowest BCUT2D eigenvalue weighted by atomic mass is 9.85. The molecule has 3 unspecified atom stereocenters. The van der Waals surface area contributed by atoms with Crippen LogP contribution in [0.1, 0.15) is 39.5 Å². The first-order valence-corrected chi connectivity index (χ1v) is 9.00. The third kappa shape index (κ3) is 6.59. The molecular formula is C15H28N2O3S. The summed E-state index contributed by atoms with van der Waals surface area (Å²) in [5, 5.41) is 12.4. The zero-order valence-electron chi connectivity index (χ0n) is 13.3. The number of hydrogen-bond acceptors (Lipinski definition) is 3. The molecule has 1 saturated heterocycles. The van der Waals surface area contributed by atoms with Crippen LogP contribution < -0.4 is 5.32 Å². The average Bonchev–Trinajstić information content (AvgIpc) is 2.46. The standard InChI is InChI=1S/C15H28N2O3S/c1-11(9-14(18)19)13-5-4-8-17(10-13)15(20)16-7-6-12(2)21-3/h11-13H,4-10H2,1-3H3,(H,16,20)(H,18,19). The van der Waals surface area contributed by atoms with E-state index < -0.39 is 5.97 Å². The average molecular weight is 316 g/mol. The second-order valence-corrected chi connectivity index (χ2v) is 7.27. The third-order valence-electron chi connectivity index (χ3n) is 4.28. The Labute approximate surface area is 131 Å². The smallest absolute Gasteiger partial charge is 0.317 e. The van der Waals surface area contributed by atoms with Gasteiger partial charge in [-0.1, -0.05) is 13.8 Å². The molecule has 1 fully saturated rings. The molecule has 1 heterocycles. The quantitative estimate of drug-likeness (QED) is 0.757. The van der Waals surface area contributed by atoms with Gasteiger partial charge in [0.15, 0.2) is 0 Å². The molecule has 122 valence electrons. The van der Waals surface area contributed by atoms with E-state index in [9.17, 15) is 9.59 Å². The van der Waals surface area contributed by atoms with Gasteiger partial charge in [-0.25, -0.2) is 4.79 Å². The highest BCUT2D eigenvalue weighted by Crippen LogP contribution is 2.26. The summed E-state index contributed by atoms with van der Waals surface area (Å²) in [6, 6.07) is -0.00414. The number of carbonyl (C=O) groups is 2. The molecule has 2 N–H and O–H groups in total. The Morgan fingerprint density at radius 2 is 2.14 bits per heavy atom. The molecule has 3 atom stereocenters. The minimum absolute atomic E-state index is 0.00414. The molecule has 2 amide bonds. The number of carboxylic acid groups (broad SMARTS) is 1. The molecule has 0 saturated carbocycles. The van der Waals surface area contributed by atoms with Crippen LogP contribution in [-0.4, -0.2) is 53.1 Å². The van der Waals surface area contributed by atoms with E-state index in [1.54, 1.807) is 11.8 Å². The molecule has 0 aromatic heterocycles. The Kier molecular flexibility index (Phi) is 7.93. The summed E-state index contributed by atoms with van der Waals surface area (Å²) in [4.78, 5) is 24.8. The van der Waals surface area contributed by atoms with Crippen LogP contribution in [0.4, 0.5) is 4.79 Å². The summed E-state index contributed by atoms with van der Waals surface area (Å²) in [6.45, 7) is 6.28. The third-order valence-corrected chi connectivity index (χ3v) is 5.32. The van der Waals surface area contributed by atoms with Crippen LogP contribution in [0.2, 0.25) is 0 Å². The largest absolute Gasteiger partial charge is 0.481 e. The van der Waals surface area contributed by atoms with E-state index in [2.05, 4.69) is 18.5 Å². The van der Waals surface area contributed by atoms with Gasteiger partial charge in [0.1, 0.15) is 0 Å². The summed E-state index contributed by atoms with van der Waals surface area (Å²) < 4.78 is 0. The van der Waals surface area contributed by atoms with Crippen LogP contribution in [0.3, 0.4) is 0 Å². The number of nitrogens with zero attached hydrogens (tertiary/aromatic N) is 1. The number of aliphatic carboxylic acids is 1. The number of piperidine rings is 1. The van der Waals surface area contributed by atoms with Crippen LogP contribution in [0.15, 0.2) is 0 Å². The molecule has 6 heteroatoms. The number of hydrogen-bond donors (Lipinski definition) is 2. The second kappa shape index (κ2) is 9.18. The van der Waals surface area contributed by atoms with Crippen molar-refractivity contribution in [3.8, 4) is 0 Å². The number of rotatable bonds is 7. The highest BCUT2D eigenvalue weighted by molar-refractivity contribution is 7.99. The van der Waals surface area contributed by atoms with Crippen molar-refractivity contribution in [3.63, 3.8) is 0 Å². The second-order valence-electron chi connectivity index (χ2n) is 5.99. The lowest BCUT2D eigenvalue weighted by Crippen LogP contribution is -2.47. The number of carbonyl (C=O) groups excluding carboxylic acids is 1. The van der Waals surface area contributed by atoms with Gasteiger partial charge in [0.05, 0.1) is 0 Å². The molecule has 1 aliphatic rings. The van der Waals surface area contributed by atoms with Gasteiger partial charge in [0.2, 0.25) is 0 Å². The monoisotopic (exact) mass is 316 g/mol. The maximum Gasteiger partial charge on any atom is 0.317 e. The van der Waals surface area contributed by atoms with E-state index >= 15 is 0 Å². The lowest BCUT2D eigenvalue weighted by molar-refractivity contribution is -0.138. The van der Waals surface area contributed by atoms with E-state index in [1.165, 1.54) is 0 Å². The summed E-state index contributed by atoms with van der Waals surface area (Å²) in [5.41, 5.74) is 0. The minimum Gasteiger partial charge on any atom is -0.481 e. The van der Waals surface area contributed by atoms with Gasteiger partial charge >= 0.3 is 12.0 Å². The number of likely N-dealkylation sites (tertiary alicyclic amines) is 1.